The molecular weight excluding hydrogens is 1820 g/mol. The molecule has 12 aliphatic heterocycles. The SMILES string of the molecule is CC(=O)N1CCc2c(c(N3CC(c4ccccc4)Cc4cc(-c5cnn(C)c5)ccc43)nn2[C@H]2CCOC2)C1.CC(=O)N1CCc2c(c(N3CCCc4c3ccc(-c3cnn(C)c3)c4F)nn2[C@H]2CCOC2)C1.CC(=O)N1CCc2c(c(N3c4ccc(-c5cnn(C)c5)cc4CC3CC#N)nn2[C@H]2CCOC2)C1.COCC1Cc2cc(-c3cnn(C)c3)ccc2N(c2nn([C@H]3CCOC3)c3c2CN(C(C)=O)CC3)C1. The second-order valence-electron chi connectivity index (χ2n) is 40.6. The third-order valence-electron chi connectivity index (χ3n) is 31.2. The molecule has 0 aliphatic carbocycles. The van der Waals surface area contributed by atoms with Crippen molar-refractivity contribution in [2.24, 2.45) is 34.1 Å². The molecule has 0 N–H and O–H groups in total. The van der Waals surface area contributed by atoms with E-state index < -0.39 is 0 Å². The third kappa shape index (κ3) is 18.5. The quantitative estimate of drug-likeness (QED) is 0.0867. The maximum Gasteiger partial charge on any atom is 0.219 e. The van der Waals surface area contributed by atoms with E-state index in [1.165, 1.54) is 78.7 Å². The van der Waals surface area contributed by atoms with Gasteiger partial charge >= 0.3 is 0 Å². The predicted molar refractivity (Wildman–Crippen MR) is 542 cm³/mol. The fraction of sp³-hybridized carbons (Fsp3) is 0.459. The van der Waals surface area contributed by atoms with Gasteiger partial charge in [-0.1, -0.05) is 48.5 Å². The Hall–Kier alpha value is -13.9. The van der Waals surface area contributed by atoms with Gasteiger partial charge in [-0.2, -0.15) is 46.1 Å². The molecule has 0 spiro atoms. The zero-order valence-corrected chi connectivity index (χ0v) is 83.7. The number of benzene rings is 5. The molecule has 4 saturated heterocycles. The number of carbonyl (C=O) groups is 4. The number of amides is 4. The first-order chi connectivity index (χ1) is 70.1. The molecule has 35 heteroatoms. The highest BCUT2D eigenvalue weighted by molar-refractivity contribution is 5.83. The zero-order chi connectivity index (χ0) is 98.8. The van der Waals surface area contributed by atoms with E-state index in [4.69, 9.17) is 44.1 Å². The van der Waals surface area contributed by atoms with Gasteiger partial charge in [-0.15, -0.1) is 0 Å². The number of nitriles is 1. The van der Waals surface area contributed by atoms with Gasteiger partial charge in [0.15, 0.2) is 23.3 Å². The van der Waals surface area contributed by atoms with Crippen molar-refractivity contribution in [2.45, 2.75) is 180 Å². The fourth-order valence-corrected chi connectivity index (χ4v) is 23.8. The van der Waals surface area contributed by atoms with E-state index >= 15 is 4.39 Å². The molecule has 7 atom stereocenters. The number of hydrogen-bond acceptors (Lipinski definition) is 22. The molecular formula is C109H126FN25O9. The Morgan fingerprint density at radius 1 is 0.424 bits per heavy atom. The van der Waals surface area contributed by atoms with E-state index in [-0.39, 0.29) is 59.7 Å². The van der Waals surface area contributed by atoms with Gasteiger partial charge in [-0.25, -0.2) is 4.39 Å². The summed E-state index contributed by atoms with van der Waals surface area (Å²) in [6.07, 6.45) is 27.0. The third-order valence-corrected chi connectivity index (χ3v) is 31.2. The highest BCUT2D eigenvalue weighted by atomic mass is 19.1. The standard InChI is InChI=1S/C31H34N6O2.C27H34N6O3.C26H29N7O2.C25H29FN6O2/c1-21(38)35-12-10-30-28(19-35)31(33-37(30)27-11-13-39-20-27)36-18-25(22-6-4-3-5-7-22)15-24-14-23(8-9-29(24)36)26-16-32-34(2)17-26;1-18(34)31-8-6-26-24(15-31)27(29-33(26)23-7-9-36-17-23)32-13-19(16-35-3)10-21-11-20(4-5-25(21)32)22-12-28-30(2)14-22;1-17(34)31-9-6-25-23(15-31)26(29-33(25)22-7-10-35-16-22)32-21(5-8-27)12-19-11-18(3-4-24(19)32)20-13-28-30(2)14-20;1-16(33)30-10-7-23-21(14-30)25(28-32(23)18-8-11-34-15-18)31-9-3-4-20-22(31)6-5-19(24(20)26)17-12-27-29(2)13-17/h3-9,14,16-17,25,27H,10-13,15,18-20H2,1-2H3;4-5,11-12,14,19,23H,6-10,13,15-17H2,1-3H3;3-4,11,13-14,21-22H,5-7,9-10,12,15-16H2,1-2H3;5-6,12-13,18H,3-4,7-11,14-15H2,1-2H3/t25?,27-;19?,23-;21?,22-;18-/m0000/s1. The summed E-state index contributed by atoms with van der Waals surface area (Å²) in [5.74, 6) is 4.55. The largest absolute Gasteiger partial charge is 0.384 e. The number of aromatic nitrogens is 16. The first-order valence-electron chi connectivity index (χ1n) is 51.0. The van der Waals surface area contributed by atoms with Gasteiger partial charge < -0.3 is 62.9 Å². The van der Waals surface area contributed by atoms with E-state index in [0.717, 1.165) is 215 Å². The maximum atomic E-state index is 15.7. The van der Waals surface area contributed by atoms with Crippen LogP contribution in [0.1, 0.15) is 169 Å². The summed E-state index contributed by atoms with van der Waals surface area (Å²) in [7, 11) is 9.42. The number of fused-ring (bicyclic) bond motifs is 8. The van der Waals surface area contributed by atoms with Gasteiger partial charge in [-0.05, 0) is 145 Å². The monoisotopic (exact) mass is 1950 g/mol. The molecule has 4 amide bonds. The Bertz CT molecular complexity index is 7030. The van der Waals surface area contributed by atoms with Gasteiger partial charge in [-0.3, -0.25) is 56.6 Å². The van der Waals surface area contributed by atoms with Crippen molar-refractivity contribution in [3.05, 3.63) is 225 Å². The molecule has 748 valence electrons. The lowest BCUT2D eigenvalue weighted by Crippen LogP contribution is -2.37. The van der Waals surface area contributed by atoms with E-state index in [2.05, 4.69) is 156 Å². The summed E-state index contributed by atoms with van der Waals surface area (Å²) in [6.45, 7) is 20.6. The van der Waals surface area contributed by atoms with Crippen molar-refractivity contribution in [2.75, 3.05) is 132 Å². The van der Waals surface area contributed by atoms with E-state index in [9.17, 15) is 24.4 Å². The van der Waals surface area contributed by atoms with Crippen molar-refractivity contribution in [3.63, 3.8) is 0 Å². The number of hydrogen-bond donors (Lipinski definition) is 0. The Kier molecular flexibility index (Phi) is 26.6. The normalized spacial score (nSPS) is 20.8. The Morgan fingerprint density at radius 2 is 0.812 bits per heavy atom. The van der Waals surface area contributed by atoms with E-state index in [1.54, 1.807) is 50.4 Å². The molecule has 0 saturated carbocycles. The molecule has 0 radical (unpaired) electrons. The average Bonchev–Trinajstić information content (AvgIpc) is 1.58. The Morgan fingerprint density at radius 3 is 1.22 bits per heavy atom. The van der Waals surface area contributed by atoms with Crippen molar-refractivity contribution in [3.8, 4) is 50.6 Å². The van der Waals surface area contributed by atoms with Crippen LogP contribution in [0.4, 0.5) is 50.4 Å². The summed E-state index contributed by atoms with van der Waals surface area (Å²) in [6, 6.07) is 37.9. The molecule has 20 heterocycles. The van der Waals surface area contributed by atoms with Crippen LogP contribution in [0.2, 0.25) is 0 Å². The first-order valence-corrected chi connectivity index (χ1v) is 51.0. The van der Waals surface area contributed by atoms with Crippen molar-refractivity contribution in [1.82, 2.24) is 97.8 Å². The van der Waals surface area contributed by atoms with E-state index in [0.29, 0.717) is 103 Å². The van der Waals surface area contributed by atoms with Crippen LogP contribution in [-0.4, -0.2) is 240 Å². The number of anilines is 8. The molecule has 4 fully saturated rings. The number of nitrogens with zero attached hydrogens (tertiary/aromatic N) is 25. The molecule has 12 aliphatic rings. The number of carbonyl (C=O) groups excluding carboxylic acids is 4. The van der Waals surface area contributed by atoms with Gasteiger partial charge in [0.25, 0.3) is 0 Å². The lowest BCUT2D eigenvalue weighted by atomic mass is 9.86. The summed E-state index contributed by atoms with van der Waals surface area (Å²) in [5.41, 5.74) is 27.7. The van der Waals surface area contributed by atoms with Crippen LogP contribution in [0.15, 0.2) is 147 Å². The molecule has 0 bridgehead atoms. The van der Waals surface area contributed by atoms with Gasteiger partial charge in [0, 0.05) is 299 Å². The lowest BCUT2D eigenvalue weighted by molar-refractivity contribution is -0.130. The van der Waals surface area contributed by atoms with Crippen molar-refractivity contribution < 1.29 is 47.3 Å². The minimum absolute atomic E-state index is 0.000805. The number of methoxy groups -OCH3 is 1. The second-order valence-corrected chi connectivity index (χ2v) is 40.6. The van der Waals surface area contributed by atoms with Gasteiger partial charge in [0.05, 0.1) is 127 Å². The molecule has 5 aromatic carbocycles. The van der Waals surface area contributed by atoms with Gasteiger partial charge in [0.2, 0.25) is 23.6 Å². The van der Waals surface area contributed by atoms with E-state index in [1.807, 2.05) is 106 Å². The average molecular weight is 1950 g/mol. The zero-order valence-electron chi connectivity index (χ0n) is 83.7. The van der Waals surface area contributed by atoms with Crippen LogP contribution >= 0.6 is 0 Å². The van der Waals surface area contributed by atoms with Crippen LogP contribution in [0.5, 0.6) is 0 Å². The summed E-state index contributed by atoms with van der Waals surface area (Å²) < 4.78 is 60.0. The minimum Gasteiger partial charge on any atom is -0.384 e. The minimum atomic E-state index is -0.182. The smallest absolute Gasteiger partial charge is 0.219 e. The molecule has 34 nitrogen and oxygen atoms in total. The molecule has 8 aromatic heterocycles. The maximum absolute atomic E-state index is 15.7. The summed E-state index contributed by atoms with van der Waals surface area (Å²) in [4.78, 5) is 66.0. The number of halogens is 1. The van der Waals surface area contributed by atoms with Crippen LogP contribution in [0.25, 0.3) is 44.5 Å². The van der Waals surface area contributed by atoms with Crippen molar-refractivity contribution in [1.29, 1.82) is 5.26 Å². The molecule has 25 rings (SSSR count). The number of ether oxygens (including phenoxy) is 5. The van der Waals surface area contributed by atoms with Crippen LogP contribution in [0, 0.1) is 23.1 Å². The topological polar surface area (TPSA) is 307 Å². The Balaban J connectivity index is 0.000000110. The fourth-order valence-electron chi connectivity index (χ4n) is 23.8. The Labute approximate surface area is 837 Å². The number of aryl methyl sites for hydroxylation is 4. The lowest BCUT2D eigenvalue weighted by Gasteiger charge is -2.37. The summed E-state index contributed by atoms with van der Waals surface area (Å²) >= 11 is 0. The molecule has 13 aromatic rings. The van der Waals surface area contributed by atoms with Crippen LogP contribution in [-0.2, 0) is 149 Å². The highest BCUT2D eigenvalue weighted by Crippen LogP contribution is 2.50. The second kappa shape index (κ2) is 40.4. The van der Waals surface area contributed by atoms with Crippen LogP contribution in [0.3, 0.4) is 0 Å². The highest BCUT2D eigenvalue weighted by Gasteiger charge is 2.44. The molecule has 3 unspecified atom stereocenters. The van der Waals surface area contributed by atoms with Crippen LogP contribution < -0.4 is 19.6 Å². The predicted octanol–water partition coefficient (Wildman–Crippen LogP) is 14.2. The van der Waals surface area contributed by atoms with Crippen molar-refractivity contribution >= 4 is 69.6 Å². The number of rotatable bonds is 16. The summed E-state index contributed by atoms with van der Waals surface area (Å²) in [5, 5.41) is 47.7. The van der Waals surface area contributed by atoms with Gasteiger partial charge in [0.1, 0.15) is 5.82 Å². The first kappa shape index (κ1) is 95.0. The molecule has 144 heavy (non-hydrogen) atoms.